The van der Waals surface area contributed by atoms with Crippen molar-refractivity contribution in [2.24, 2.45) is 5.41 Å². The van der Waals surface area contributed by atoms with Crippen molar-refractivity contribution in [2.75, 3.05) is 19.8 Å². The summed E-state index contributed by atoms with van der Waals surface area (Å²) in [6, 6.07) is 0. The topological polar surface area (TPSA) is 61.7 Å². The highest BCUT2D eigenvalue weighted by atomic mass is 16.7. The molecule has 0 bridgehead atoms. The maximum atomic E-state index is 9.02. The van der Waals surface area contributed by atoms with E-state index in [-0.39, 0.29) is 13.2 Å². The van der Waals surface area contributed by atoms with Crippen LogP contribution < -0.4 is 5.48 Å². The molecule has 0 aromatic rings. The average molecular weight is 203 g/mol. The lowest BCUT2D eigenvalue weighted by Crippen LogP contribution is -2.39. The Bertz CT molecular complexity index is 153. The zero-order valence-electron chi connectivity index (χ0n) is 8.83. The number of hydrogen-bond donors (Lipinski definition) is 3. The van der Waals surface area contributed by atoms with E-state index in [1.807, 2.05) is 6.92 Å². The van der Waals surface area contributed by atoms with Crippen LogP contribution in [0.15, 0.2) is 0 Å². The molecule has 0 heterocycles. The molecule has 14 heavy (non-hydrogen) atoms. The summed E-state index contributed by atoms with van der Waals surface area (Å²) in [6.07, 6.45) is 5.02. The summed E-state index contributed by atoms with van der Waals surface area (Å²) >= 11 is 0. The van der Waals surface area contributed by atoms with E-state index >= 15 is 0 Å². The second-order valence-electron chi connectivity index (χ2n) is 4.47. The summed E-state index contributed by atoms with van der Waals surface area (Å²) in [5.41, 5.74) is 2.36. The van der Waals surface area contributed by atoms with Crippen LogP contribution in [0.3, 0.4) is 0 Å². The molecule has 1 aliphatic rings. The quantitative estimate of drug-likeness (QED) is 0.548. The molecule has 0 atom stereocenters. The zero-order chi connectivity index (χ0) is 10.4. The van der Waals surface area contributed by atoms with Gasteiger partial charge in [0.2, 0.25) is 0 Å². The number of rotatable bonds is 6. The fourth-order valence-corrected chi connectivity index (χ4v) is 1.50. The van der Waals surface area contributed by atoms with Crippen LogP contribution in [-0.4, -0.2) is 36.1 Å². The summed E-state index contributed by atoms with van der Waals surface area (Å²) in [5.74, 6) is 0. The van der Waals surface area contributed by atoms with Crippen molar-refractivity contribution < 1.29 is 15.1 Å². The van der Waals surface area contributed by atoms with Crippen molar-refractivity contribution in [3.05, 3.63) is 0 Å². The third-order valence-electron chi connectivity index (χ3n) is 2.81. The molecule has 0 radical (unpaired) electrons. The van der Waals surface area contributed by atoms with Gasteiger partial charge < -0.3 is 10.2 Å². The molecule has 0 aromatic carbocycles. The summed E-state index contributed by atoms with van der Waals surface area (Å²) in [4.78, 5) is 5.43. The van der Waals surface area contributed by atoms with E-state index in [2.05, 4.69) is 5.48 Å². The van der Waals surface area contributed by atoms with Gasteiger partial charge in [-0.1, -0.05) is 19.8 Å². The monoisotopic (exact) mass is 203 g/mol. The van der Waals surface area contributed by atoms with Crippen LogP contribution in [0.2, 0.25) is 0 Å². The highest BCUT2D eigenvalue weighted by Crippen LogP contribution is 2.20. The van der Waals surface area contributed by atoms with Crippen molar-refractivity contribution in [3.63, 3.8) is 0 Å². The standard InChI is InChI=1S/C10H21NO3/c1-10(7-12,8-13)6-11-14-9-4-2-3-5-9/h9,11-13H,2-8H2,1H3. The number of aliphatic hydroxyl groups is 2. The van der Waals surface area contributed by atoms with Crippen LogP contribution in [0.4, 0.5) is 0 Å². The Balaban J connectivity index is 2.12. The first kappa shape index (κ1) is 11.9. The number of aliphatic hydroxyl groups excluding tert-OH is 2. The molecular formula is C10H21NO3. The Morgan fingerprint density at radius 2 is 1.86 bits per heavy atom. The van der Waals surface area contributed by atoms with Gasteiger partial charge in [0.1, 0.15) is 0 Å². The summed E-state index contributed by atoms with van der Waals surface area (Å²) in [5, 5.41) is 18.0. The van der Waals surface area contributed by atoms with Crippen LogP contribution in [0.1, 0.15) is 32.6 Å². The molecule has 84 valence electrons. The van der Waals surface area contributed by atoms with Crippen LogP contribution in [0.25, 0.3) is 0 Å². The summed E-state index contributed by atoms with van der Waals surface area (Å²) in [7, 11) is 0. The largest absolute Gasteiger partial charge is 0.396 e. The Labute approximate surface area is 85.2 Å². The first-order valence-corrected chi connectivity index (χ1v) is 5.30. The molecule has 0 unspecified atom stereocenters. The molecule has 0 saturated heterocycles. The predicted octanol–water partition coefficient (Wildman–Crippen LogP) is 0.441. The van der Waals surface area contributed by atoms with Gasteiger partial charge in [0, 0.05) is 12.0 Å². The minimum absolute atomic E-state index is 0.0372. The van der Waals surface area contributed by atoms with Gasteiger partial charge in [-0.2, -0.15) is 0 Å². The maximum Gasteiger partial charge on any atom is 0.0790 e. The normalized spacial score (nSPS) is 19.1. The van der Waals surface area contributed by atoms with Crippen molar-refractivity contribution in [1.29, 1.82) is 0 Å². The Kier molecular flexibility index (Phi) is 4.81. The fourth-order valence-electron chi connectivity index (χ4n) is 1.50. The van der Waals surface area contributed by atoms with Crippen LogP contribution in [0.5, 0.6) is 0 Å². The highest BCUT2D eigenvalue weighted by Gasteiger charge is 2.23. The van der Waals surface area contributed by atoms with Gasteiger partial charge in [-0.25, -0.2) is 5.48 Å². The van der Waals surface area contributed by atoms with E-state index in [0.717, 1.165) is 12.8 Å². The smallest absolute Gasteiger partial charge is 0.0790 e. The molecule has 1 fully saturated rings. The molecule has 1 rings (SSSR count). The molecule has 4 nitrogen and oxygen atoms in total. The van der Waals surface area contributed by atoms with Crippen molar-refractivity contribution in [2.45, 2.75) is 38.7 Å². The minimum Gasteiger partial charge on any atom is -0.396 e. The summed E-state index contributed by atoms with van der Waals surface area (Å²) in [6.45, 7) is 2.23. The van der Waals surface area contributed by atoms with Crippen LogP contribution in [-0.2, 0) is 4.84 Å². The van der Waals surface area contributed by atoms with Crippen molar-refractivity contribution >= 4 is 0 Å². The molecule has 0 aromatic heterocycles. The lowest BCUT2D eigenvalue weighted by molar-refractivity contribution is -0.0518. The van der Waals surface area contributed by atoms with Gasteiger partial charge in [0.05, 0.1) is 19.3 Å². The predicted molar refractivity (Wildman–Crippen MR) is 53.6 cm³/mol. The molecule has 0 spiro atoms. The first-order valence-electron chi connectivity index (χ1n) is 5.30. The number of hydrogen-bond acceptors (Lipinski definition) is 4. The van der Waals surface area contributed by atoms with Gasteiger partial charge in [0.25, 0.3) is 0 Å². The molecule has 0 amide bonds. The van der Waals surface area contributed by atoms with Crippen molar-refractivity contribution in [1.82, 2.24) is 5.48 Å². The van der Waals surface area contributed by atoms with Crippen LogP contribution in [0, 0.1) is 5.41 Å². The highest BCUT2D eigenvalue weighted by molar-refractivity contribution is 4.73. The number of nitrogens with one attached hydrogen (secondary N) is 1. The van der Waals surface area contributed by atoms with Gasteiger partial charge in [0.15, 0.2) is 0 Å². The zero-order valence-corrected chi connectivity index (χ0v) is 8.83. The molecule has 0 aliphatic heterocycles. The Morgan fingerprint density at radius 3 is 2.36 bits per heavy atom. The van der Waals surface area contributed by atoms with E-state index in [9.17, 15) is 0 Å². The van der Waals surface area contributed by atoms with E-state index < -0.39 is 5.41 Å². The van der Waals surface area contributed by atoms with Gasteiger partial charge in [-0.15, -0.1) is 0 Å². The first-order chi connectivity index (χ1) is 6.70. The van der Waals surface area contributed by atoms with E-state index in [1.165, 1.54) is 12.8 Å². The average Bonchev–Trinajstić information content (AvgIpc) is 2.70. The molecule has 3 N–H and O–H groups in total. The minimum atomic E-state index is -0.487. The van der Waals surface area contributed by atoms with Crippen molar-refractivity contribution in [3.8, 4) is 0 Å². The molecule has 1 saturated carbocycles. The van der Waals surface area contributed by atoms with Crippen LogP contribution >= 0.6 is 0 Å². The second kappa shape index (κ2) is 5.66. The lowest BCUT2D eigenvalue weighted by Gasteiger charge is -2.25. The number of hydroxylamine groups is 1. The second-order valence-corrected chi connectivity index (χ2v) is 4.47. The Hall–Kier alpha value is -0.160. The molecule has 1 aliphatic carbocycles. The molecular weight excluding hydrogens is 182 g/mol. The third-order valence-corrected chi connectivity index (χ3v) is 2.81. The maximum absolute atomic E-state index is 9.02. The SMILES string of the molecule is CC(CO)(CO)CNOC1CCCC1. The third kappa shape index (κ3) is 3.53. The van der Waals surface area contributed by atoms with E-state index in [1.54, 1.807) is 0 Å². The van der Waals surface area contributed by atoms with Gasteiger partial charge >= 0.3 is 0 Å². The van der Waals surface area contributed by atoms with E-state index in [4.69, 9.17) is 15.1 Å². The van der Waals surface area contributed by atoms with Gasteiger partial charge in [-0.05, 0) is 12.8 Å². The fraction of sp³-hybridized carbons (Fsp3) is 1.00. The summed E-state index contributed by atoms with van der Waals surface area (Å²) < 4.78 is 0. The van der Waals surface area contributed by atoms with Gasteiger partial charge in [-0.3, -0.25) is 4.84 Å². The molecule has 4 heteroatoms. The lowest BCUT2D eigenvalue weighted by atomic mass is 9.94. The Morgan fingerprint density at radius 1 is 1.29 bits per heavy atom. The van der Waals surface area contributed by atoms with E-state index in [0.29, 0.717) is 12.6 Å².